The summed E-state index contributed by atoms with van der Waals surface area (Å²) < 4.78 is 11.8. The van der Waals surface area contributed by atoms with E-state index in [2.05, 4.69) is 0 Å². The minimum Gasteiger partial charge on any atom is -0.243 e. The van der Waals surface area contributed by atoms with E-state index in [0.29, 0.717) is 0 Å². The zero-order valence-corrected chi connectivity index (χ0v) is 4.82. The van der Waals surface area contributed by atoms with Crippen LogP contribution in [0.2, 0.25) is 0 Å². The molecule has 0 saturated heterocycles. The molecule has 0 aliphatic rings. The van der Waals surface area contributed by atoms with Gasteiger partial charge in [0.05, 0.1) is 0 Å². The largest absolute Gasteiger partial charge is 0.243 e. The van der Waals surface area contributed by atoms with Crippen LogP contribution in [0.3, 0.4) is 0 Å². The van der Waals surface area contributed by atoms with Gasteiger partial charge in [0, 0.05) is 0 Å². The normalized spacial score (nSPS) is 15.3. The van der Waals surface area contributed by atoms with Crippen LogP contribution in [0.25, 0.3) is 0 Å². The van der Waals surface area contributed by atoms with E-state index in [4.69, 9.17) is 0 Å². The molecule has 0 rings (SSSR count). The summed E-state index contributed by atoms with van der Waals surface area (Å²) in [4.78, 5) is 0. The average molecular weight is 102 g/mol. The van der Waals surface area contributed by atoms with Gasteiger partial charge in [-0.25, -0.2) is 4.39 Å². The van der Waals surface area contributed by atoms with Crippen molar-refractivity contribution < 1.29 is 4.39 Å². The summed E-state index contributed by atoms with van der Waals surface area (Å²) >= 11 is 0. The van der Waals surface area contributed by atoms with Gasteiger partial charge in [0.25, 0.3) is 0 Å². The number of hydrogen-bond acceptors (Lipinski definition) is 0. The van der Waals surface area contributed by atoms with Crippen LogP contribution in [-0.4, -0.2) is 6.17 Å². The van der Waals surface area contributed by atoms with Gasteiger partial charge in [-0.05, 0) is 13.3 Å². The summed E-state index contributed by atoms with van der Waals surface area (Å²) in [5, 5.41) is 0. The molecular weight excluding hydrogens is 91.1 g/mol. The van der Waals surface area contributed by atoms with Crippen molar-refractivity contribution in [1.82, 2.24) is 0 Å². The Balaban J connectivity index is 3.08. The fraction of sp³-hybridized carbons (Fsp3) is 0.667. The first kappa shape index (κ1) is 6.67. The van der Waals surface area contributed by atoms with E-state index >= 15 is 0 Å². The summed E-state index contributed by atoms with van der Waals surface area (Å²) in [6.45, 7) is 3.50. The summed E-state index contributed by atoms with van der Waals surface area (Å²) in [7, 11) is 0. The molecule has 42 valence electrons. The minimum atomic E-state index is -0.778. The van der Waals surface area contributed by atoms with Gasteiger partial charge in [0.2, 0.25) is 0 Å². The molecule has 0 nitrogen and oxygen atoms in total. The lowest BCUT2D eigenvalue weighted by molar-refractivity contribution is 0.430. The maximum absolute atomic E-state index is 11.8. The standard InChI is InChI=1S/C6H11F/c1-3-4-5-6(2)7/h4-6H,3H2,1-2H3/t6-/m0/s1. The fourth-order valence-corrected chi connectivity index (χ4v) is 0.324. The predicted molar refractivity (Wildman–Crippen MR) is 30.0 cm³/mol. The molecule has 0 saturated carbocycles. The van der Waals surface area contributed by atoms with Crippen LogP contribution < -0.4 is 0 Å². The van der Waals surface area contributed by atoms with Crippen molar-refractivity contribution in [2.45, 2.75) is 26.4 Å². The highest BCUT2D eigenvalue weighted by Crippen LogP contribution is 1.90. The molecule has 0 aromatic rings. The van der Waals surface area contributed by atoms with Gasteiger partial charge in [-0.1, -0.05) is 19.1 Å². The molecule has 0 aromatic heterocycles. The highest BCUT2D eigenvalue weighted by atomic mass is 19.1. The van der Waals surface area contributed by atoms with Crippen LogP contribution in [0.15, 0.2) is 12.2 Å². The van der Waals surface area contributed by atoms with Crippen molar-refractivity contribution >= 4 is 0 Å². The van der Waals surface area contributed by atoms with Crippen molar-refractivity contribution in [2.75, 3.05) is 0 Å². The van der Waals surface area contributed by atoms with Gasteiger partial charge >= 0.3 is 0 Å². The van der Waals surface area contributed by atoms with E-state index in [1.165, 1.54) is 6.92 Å². The highest BCUT2D eigenvalue weighted by Gasteiger charge is 1.83. The molecular formula is C6H11F. The van der Waals surface area contributed by atoms with Gasteiger partial charge in [-0.15, -0.1) is 0 Å². The van der Waals surface area contributed by atoms with Crippen molar-refractivity contribution in [3.63, 3.8) is 0 Å². The van der Waals surface area contributed by atoms with Crippen molar-refractivity contribution in [3.8, 4) is 0 Å². The van der Waals surface area contributed by atoms with Crippen molar-refractivity contribution in [3.05, 3.63) is 12.2 Å². The predicted octanol–water partition coefficient (Wildman–Crippen LogP) is 2.31. The third-order valence-corrected chi connectivity index (χ3v) is 0.637. The van der Waals surface area contributed by atoms with Crippen LogP contribution in [0, 0.1) is 0 Å². The molecule has 0 aliphatic carbocycles. The lowest BCUT2D eigenvalue weighted by Crippen LogP contribution is -1.80. The molecule has 0 unspecified atom stereocenters. The zero-order chi connectivity index (χ0) is 5.70. The summed E-state index contributed by atoms with van der Waals surface area (Å²) in [6, 6.07) is 0. The Kier molecular flexibility index (Phi) is 3.67. The zero-order valence-electron chi connectivity index (χ0n) is 4.82. The van der Waals surface area contributed by atoms with E-state index in [1.54, 1.807) is 6.08 Å². The Hall–Kier alpha value is -0.330. The van der Waals surface area contributed by atoms with Crippen LogP contribution in [0.5, 0.6) is 0 Å². The van der Waals surface area contributed by atoms with E-state index in [9.17, 15) is 4.39 Å². The van der Waals surface area contributed by atoms with E-state index in [0.717, 1.165) is 6.42 Å². The molecule has 0 spiro atoms. The van der Waals surface area contributed by atoms with Crippen LogP contribution >= 0.6 is 0 Å². The van der Waals surface area contributed by atoms with Crippen LogP contribution in [0.1, 0.15) is 20.3 Å². The molecule has 1 heteroatoms. The molecule has 0 N–H and O–H groups in total. The minimum absolute atomic E-state index is 0.778. The quantitative estimate of drug-likeness (QED) is 0.469. The van der Waals surface area contributed by atoms with Gasteiger partial charge in [-0.3, -0.25) is 0 Å². The van der Waals surface area contributed by atoms with Gasteiger partial charge in [0.1, 0.15) is 6.17 Å². The van der Waals surface area contributed by atoms with E-state index in [-0.39, 0.29) is 0 Å². The molecule has 0 bridgehead atoms. The SMILES string of the molecule is CCC=C[C@H](C)F. The first-order chi connectivity index (χ1) is 3.27. The Morgan fingerprint density at radius 3 is 2.43 bits per heavy atom. The van der Waals surface area contributed by atoms with Gasteiger partial charge < -0.3 is 0 Å². The Bertz CT molecular complexity index is 55.2. The second-order valence-electron chi connectivity index (χ2n) is 1.51. The average Bonchev–Trinajstić information content (AvgIpc) is 1.61. The number of alkyl halides is 1. The maximum Gasteiger partial charge on any atom is 0.115 e. The Morgan fingerprint density at radius 1 is 1.71 bits per heavy atom. The highest BCUT2D eigenvalue weighted by molar-refractivity contribution is 4.84. The number of halogens is 1. The van der Waals surface area contributed by atoms with Gasteiger partial charge in [-0.2, -0.15) is 0 Å². The fourth-order valence-electron chi connectivity index (χ4n) is 0.324. The molecule has 0 aliphatic heterocycles. The summed E-state index contributed by atoms with van der Waals surface area (Å²) in [6.07, 6.45) is 3.53. The molecule has 0 radical (unpaired) electrons. The smallest absolute Gasteiger partial charge is 0.115 e. The third-order valence-electron chi connectivity index (χ3n) is 0.637. The van der Waals surface area contributed by atoms with Gasteiger partial charge in [0.15, 0.2) is 0 Å². The topological polar surface area (TPSA) is 0 Å². The Morgan fingerprint density at radius 2 is 2.29 bits per heavy atom. The molecule has 7 heavy (non-hydrogen) atoms. The molecule has 1 atom stereocenters. The first-order valence-corrected chi connectivity index (χ1v) is 2.58. The van der Waals surface area contributed by atoms with E-state index < -0.39 is 6.17 Å². The second-order valence-corrected chi connectivity index (χ2v) is 1.51. The van der Waals surface area contributed by atoms with Crippen LogP contribution in [-0.2, 0) is 0 Å². The monoisotopic (exact) mass is 102 g/mol. The summed E-state index contributed by atoms with van der Waals surface area (Å²) in [5.41, 5.74) is 0. The lowest BCUT2D eigenvalue weighted by Gasteiger charge is -1.85. The van der Waals surface area contributed by atoms with E-state index in [1.807, 2.05) is 13.0 Å². The molecule has 0 aromatic carbocycles. The van der Waals surface area contributed by atoms with Crippen molar-refractivity contribution in [1.29, 1.82) is 0 Å². The maximum atomic E-state index is 11.8. The number of rotatable bonds is 2. The number of allylic oxidation sites excluding steroid dienone is 2. The lowest BCUT2D eigenvalue weighted by atomic mass is 10.3. The van der Waals surface area contributed by atoms with Crippen LogP contribution in [0.4, 0.5) is 4.39 Å². The summed E-state index contributed by atoms with van der Waals surface area (Å²) in [5.74, 6) is 0. The molecule has 0 fully saturated rings. The molecule has 0 heterocycles. The number of hydrogen-bond donors (Lipinski definition) is 0. The Labute approximate surface area is 44.0 Å². The first-order valence-electron chi connectivity index (χ1n) is 2.58. The molecule has 0 amide bonds. The van der Waals surface area contributed by atoms with Crippen molar-refractivity contribution in [2.24, 2.45) is 0 Å². The third kappa shape index (κ3) is 5.67. The second kappa shape index (κ2) is 3.85.